The average Bonchev–Trinajstić information content (AvgIpc) is 2.59. The number of hydrogen-bond donors (Lipinski definition) is 1. The normalized spacial score (nSPS) is 34.1. The summed E-state index contributed by atoms with van der Waals surface area (Å²) in [7, 11) is 0. The first kappa shape index (κ1) is 16.0. The van der Waals surface area contributed by atoms with Crippen LogP contribution in [-0.2, 0) is 0 Å². The van der Waals surface area contributed by atoms with Crippen molar-refractivity contribution in [1.29, 1.82) is 0 Å². The first-order valence-corrected chi connectivity index (χ1v) is 9.09. The van der Waals surface area contributed by atoms with Gasteiger partial charge in [-0.1, -0.05) is 57.8 Å². The van der Waals surface area contributed by atoms with Crippen LogP contribution >= 0.6 is 0 Å². The van der Waals surface area contributed by atoms with Gasteiger partial charge in [-0.05, 0) is 32.1 Å². The highest BCUT2D eigenvalue weighted by atomic mass is 16.3. The fourth-order valence-electron chi connectivity index (χ4n) is 3.76. The summed E-state index contributed by atoms with van der Waals surface area (Å²) in [4.78, 5) is 4.90. The van der Waals surface area contributed by atoms with Crippen LogP contribution in [0.15, 0.2) is 4.99 Å². The van der Waals surface area contributed by atoms with Gasteiger partial charge < -0.3 is 5.11 Å². The van der Waals surface area contributed by atoms with E-state index in [0.29, 0.717) is 5.92 Å². The predicted octanol–water partition coefficient (Wildman–Crippen LogP) is 4.89. The van der Waals surface area contributed by atoms with E-state index in [1.54, 1.807) is 0 Å². The van der Waals surface area contributed by atoms with Crippen LogP contribution in [0.5, 0.6) is 0 Å². The van der Waals surface area contributed by atoms with Crippen molar-refractivity contribution in [2.75, 3.05) is 6.54 Å². The summed E-state index contributed by atoms with van der Waals surface area (Å²) in [6.07, 6.45) is 17.6. The van der Waals surface area contributed by atoms with Crippen molar-refractivity contribution in [1.82, 2.24) is 0 Å². The van der Waals surface area contributed by atoms with Gasteiger partial charge in [-0.25, -0.2) is 0 Å². The van der Waals surface area contributed by atoms with Crippen molar-refractivity contribution in [2.24, 2.45) is 10.9 Å². The summed E-state index contributed by atoms with van der Waals surface area (Å²) in [5.74, 6) is 0.367. The molecule has 20 heavy (non-hydrogen) atoms. The molecule has 0 bridgehead atoms. The highest BCUT2D eigenvalue weighted by Crippen LogP contribution is 2.26. The van der Waals surface area contributed by atoms with Gasteiger partial charge >= 0.3 is 0 Å². The quantitative estimate of drug-likeness (QED) is 0.728. The zero-order valence-electron chi connectivity index (χ0n) is 13.2. The van der Waals surface area contributed by atoms with Crippen LogP contribution in [-0.4, -0.2) is 23.5 Å². The van der Waals surface area contributed by atoms with Gasteiger partial charge in [0, 0.05) is 18.2 Å². The number of rotatable bonds is 1. The van der Waals surface area contributed by atoms with Crippen LogP contribution in [0.3, 0.4) is 0 Å². The molecule has 0 aromatic carbocycles. The van der Waals surface area contributed by atoms with Crippen LogP contribution in [0.2, 0.25) is 0 Å². The molecule has 0 spiro atoms. The van der Waals surface area contributed by atoms with E-state index in [9.17, 15) is 5.11 Å². The lowest BCUT2D eigenvalue weighted by molar-refractivity contribution is 0.117. The Labute approximate surface area is 125 Å². The molecule has 2 unspecified atom stereocenters. The maximum atomic E-state index is 10.6. The van der Waals surface area contributed by atoms with Gasteiger partial charge in [-0.15, -0.1) is 0 Å². The molecule has 2 rings (SSSR count). The van der Waals surface area contributed by atoms with Crippen molar-refractivity contribution in [3.8, 4) is 0 Å². The summed E-state index contributed by atoms with van der Waals surface area (Å²) in [5.41, 5.74) is 1.36. The minimum atomic E-state index is -0.132. The van der Waals surface area contributed by atoms with E-state index in [1.165, 1.54) is 82.8 Å². The number of nitrogens with zero attached hydrogens (tertiary/aromatic N) is 1. The van der Waals surface area contributed by atoms with Crippen LogP contribution in [0.4, 0.5) is 0 Å². The molecule has 0 saturated heterocycles. The van der Waals surface area contributed by atoms with Crippen molar-refractivity contribution in [3.63, 3.8) is 0 Å². The molecule has 0 radical (unpaired) electrons. The van der Waals surface area contributed by atoms with E-state index in [2.05, 4.69) is 0 Å². The maximum Gasteiger partial charge on any atom is 0.0620 e. The third-order valence-electron chi connectivity index (χ3n) is 5.06. The Morgan fingerprint density at radius 1 is 0.700 bits per heavy atom. The van der Waals surface area contributed by atoms with Gasteiger partial charge in [0.05, 0.1) is 6.10 Å². The third kappa shape index (κ3) is 5.55. The molecule has 1 fully saturated rings. The zero-order valence-corrected chi connectivity index (χ0v) is 13.2. The van der Waals surface area contributed by atoms with E-state index >= 15 is 0 Å². The van der Waals surface area contributed by atoms with Crippen LogP contribution in [0, 0.1) is 5.92 Å². The SMILES string of the molecule is OC1CCCCCCCCC1/C1=N/CCCCCCC1. The molecular formula is C18H33NO. The standard InChI is InChI=1S/C18H33NO/c20-18-14-10-6-2-1-4-8-12-16(18)17-13-9-5-3-7-11-15-19-17/h16,18,20H,1-15H2/b19-17+. The molecule has 0 amide bonds. The Hall–Kier alpha value is -0.370. The Kier molecular flexibility index (Phi) is 7.64. The largest absolute Gasteiger partial charge is 0.392 e. The second-order valence-corrected chi connectivity index (χ2v) is 6.76. The highest BCUT2D eigenvalue weighted by molar-refractivity contribution is 5.87. The van der Waals surface area contributed by atoms with Crippen molar-refractivity contribution in [3.05, 3.63) is 0 Å². The predicted molar refractivity (Wildman–Crippen MR) is 86.4 cm³/mol. The van der Waals surface area contributed by atoms with Gasteiger partial charge in [0.1, 0.15) is 0 Å². The Bertz CT molecular complexity index is 287. The summed E-state index contributed by atoms with van der Waals surface area (Å²) < 4.78 is 0. The summed E-state index contributed by atoms with van der Waals surface area (Å²) in [5, 5.41) is 10.6. The van der Waals surface area contributed by atoms with Gasteiger partial charge in [0.15, 0.2) is 0 Å². The van der Waals surface area contributed by atoms with Crippen molar-refractivity contribution >= 4 is 5.71 Å². The van der Waals surface area contributed by atoms with Gasteiger partial charge in [-0.2, -0.15) is 0 Å². The van der Waals surface area contributed by atoms with Crippen LogP contribution in [0.1, 0.15) is 89.9 Å². The number of hydrogen-bond acceptors (Lipinski definition) is 2. The lowest BCUT2D eigenvalue weighted by Gasteiger charge is -2.26. The monoisotopic (exact) mass is 279 g/mol. The summed E-state index contributed by atoms with van der Waals surface area (Å²) in [6, 6.07) is 0. The zero-order chi connectivity index (χ0) is 14.0. The minimum absolute atomic E-state index is 0.132. The second-order valence-electron chi connectivity index (χ2n) is 6.76. The fraction of sp³-hybridized carbons (Fsp3) is 0.944. The molecule has 1 saturated carbocycles. The van der Waals surface area contributed by atoms with E-state index in [1.807, 2.05) is 0 Å². The van der Waals surface area contributed by atoms with Gasteiger partial charge in [-0.3, -0.25) is 4.99 Å². The lowest BCUT2D eigenvalue weighted by atomic mass is 9.84. The van der Waals surface area contributed by atoms with E-state index in [-0.39, 0.29) is 6.10 Å². The molecule has 2 nitrogen and oxygen atoms in total. The molecular weight excluding hydrogens is 246 g/mol. The maximum absolute atomic E-state index is 10.6. The number of aliphatic imine (C=N–C) groups is 1. The van der Waals surface area contributed by atoms with Crippen molar-refractivity contribution in [2.45, 2.75) is 96.0 Å². The molecule has 2 heteroatoms. The van der Waals surface area contributed by atoms with Gasteiger partial charge in [0.25, 0.3) is 0 Å². The molecule has 2 atom stereocenters. The summed E-state index contributed by atoms with van der Waals surface area (Å²) in [6.45, 7) is 0.999. The van der Waals surface area contributed by atoms with E-state index in [0.717, 1.165) is 19.4 Å². The van der Waals surface area contributed by atoms with Gasteiger partial charge in [0.2, 0.25) is 0 Å². The topological polar surface area (TPSA) is 32.6 Å². The average molecular weight is 279 g/mol. The number of aliphatic hydroxyl groups is 1. The fourth-order valence-corrected chi connectivity index (χ4v) is 3.76. The molecule has 2 aliphatic rings. The van der Waals surface area contributed by atoms with E-state index < -0.39 is 0 Å². The highest BCUT2D eigenvalue weighted by Gasteiger charge is 2.24. The van der Waals surface area contributed by atoms with E-state index in [4.69, 9.17) is 4.99 Å². The Morgan fingerprint density at radius 2 is 1.30 bits per heavy atom. The molecule has 1 aliphatic heterocycles. The lowest BCUT2D eigenvalue weighted by Crippen LogP contribution is -2.29. The Balaban J connectivity index is 1.98. The smallest absolute Gasteiger partial charge is 0.0620 e. The first-order chi connectivity index (χ1) is 9.88. The molecule has 1 aliphatic carbocycles. The summed E-state index contributed by atoms with van der Waals surface area (Å²) >= 11 is 0. The second kappa shape index (κ2) is 9.55. The number of aliphatic hydroxyl groups excluding tert-OH is 1. The van der Waals surface area contributed by atoms with Crippen LogP contribution in [0.25, 0.3) is 0 Å². The molecule has 116 valence electrons. The molecule has 0 aromatic heterocycles. The third-order valence-corrected chi connectivity index (χ3v) is 5.06. The molecule has 1 heterocycles. The minimum Gasteiger partial charge on any atom is -0.392 e. The Morgan fingerprint density at radius 3 is 2.10 bits per heavy atom. The van der Waals surface area contributed by atoms with Crippen molar-refractivity contribution < 1.29 is 5.11 Å². The van der Waals surface area contributed by atoms with Crippen LogP contribution < -0.4 is 0 Å². The first-order valence-electron chi connectivity index (χ1n) is 9.09. The molecule has 0 aromatic rings. The molecule has 1 N–H and O–H groups in total.